The Bertz CT molecular complexity index is 2850. The fourth-order valence-electron chi connectivity index (χ4n) is 8.43. The fourth-order valence-corrected chi connectivity index (χ4v) is 8.43. The molecule has 0 N–H and O–H groups in total. The van der Waals surface area contributed by atoms with Gasteiger partial charge in [-0.3, -0.25) is 0 Å². The molecule has 0 atom stereocenters. The number of aromatic nitrogens is 2. The van der Waals surface area contributed by atoms with Crippen molar-refractivity contribution in [3.05, 3.63) is 205 Å². The maximum atomic E-state index is 5.20. The summed E-state index contributed by atoms with van der Waals surface area (Å²) in [6, 6.07) is 69.6. The summed E-state index contributed by atoms with van der Waals surface area (Å²) in [7, 11) is 0. The van der Waals surface area contributed by atoms with Gasteiger partial charge in [-0.15, -0.1) is 0 Å². The predicted octanol–water partition coefficient (Wildman–Crippen LogP) is 13.9. The van der Waals surface area contributed by atoms with Crippen LogP contribution in [0.15, 0.2) is 194 Å². The zero-order valence-electron chi connectivity index (χ0n) is 30.9. The van der Waals surface area contributed by atoms with Crippen molar-refractivity contribution in [3.63, 3.8) is 0 Å². The third kappa shape index (κ3) is 5.75. The van der Waals surface area contributed by atoms with Gasteiger partial charge in [0.05, 0.1) is 11.4 Å². The van der Waals surface area contributed by atoms with E-state index in [0.717, 1.165) is 33.5 Å². The highest BCUT2D eigenvalue weighted by molar-refractivity contribution is 6.05. The van der Waals surface area contributed by atoms with E-state index in [0.29, 0.717) is 5.82 Å². The summed E-state index contributed by atoms with van der Waals surface area (Å²) in [4.78, 5) is 10.3. The van der Waals surface area contributed by atoms with E-state index in [1.165, 1.54) is 61.0 Å². The van der Waals surface area contributed by atoms with Crippen molar-refractivity contribution in [2.24, 2.45) is 0 Å². The lowest BCUT2D eigenvalue weighted by Gasteiger charge is -2.21. The Morgan fingerprint density at radius 2 is 0.800 bits per heavy atom. The number of rotatable bonds is 6. The second-order valence-corrected chi connectivity index (χ2v) is 15.0. The van der Waals surface area contributed by atoms with Crippen LogP contribution in [0.4, 0.5) is 0 Å². The highest BCUT2D eigenvalue weighted by Crippen LogP contribution is 2.49. The summed E-state index contributed by atoms with van der Waals surface area (Å²) in [6.45, 7) is 4.66. The summed E-state index contributed by atoms with van der Waals surface area (Å²) in [5.74, 6) is 0.711. The number of fused-ring (bicyclic) bond motifs is 4. The quantitative estimate of drug-likeness (QED) is 0.172. The minimum atomic E-state index is 0.00609. The van der Waals surface area contributed by atoms with Crippen LogP contribution in [0.3, 0.4) is 0 Å². The number of benzene rings is 8. The standard InChI is InChI=1S/C53H38N2/c1-53(2)48-20-12-11-19-45(48)47-33-41(29-32-49(47)53)37-21-25-38(26-22-37)42-30-31-46(44-18-10-9-17-43(42)44)51-34-50(54-52(55-51)40-15-7-4-8-16-40)39-27-23-36(24-28-39)35-13-5-3-6-14-35/h3-34H,1-2H3. The highest BCUT2D eigenvalue weighted by Gasteiger charge is 2.35. The first-order chi connectivity index (χ1) is 27.0. The van der Waals surface area contributed by atoms with Crippen molar-refractivity contribution in [1.82, 2.24) is 9.97 Å². The Labute approximate surface area is 322 Å². The van der Waals surface area contributed by atoms with E-state index in [4.69, 9.17) is 9.97 Å². The molecule has 55 heavy (non-hydrogen) atoms. The third-order valence-electron chi connectivity index (χ3n) is 11.4. The van der Waals surface area contributed by atoms with E-state index >= 15 is 0 Å². The first-order valence-corrected chi connectivity index (χ1v) is 19.0. The molecule has 2 nitrogen and oxygen atoms in total. The topological polar surface area (TPSA) is 25.8 Å². The molecule has 1 heterocycles. The van der Waals surface area contributed by atoms with Crippen molar-refractivity contribution >= 4 is 10.8 Å². The molecule has 1 aliphatic carbocycles. The molecule has 10 rings (SSSR count). The van der Waals surface area contributed by atoms with Crippen molar-refractivity contribution < 1.29 is 0 Å². The van der Waals surface area contributed by atoms with Crippen LogP contribution in [0.25, 0.3) is 89.2 Å². The molecule has 8 aromatic carbocycles. The van der Waals surface area contributed by atoms with E-state index in [9.17, 15) is 0 Å². The van der Waals surface area contributed by atoms with Crippen LogP contribution in [0.1, 0.15) is 25.0 Å². The van der Waals surface area contributed by atoms with Crippen LogP contribution in [-0.2, 0) is 5.41 Å². The summed E-state index contributed by atoms with van der Waals surface area (Å²) < 4.78 is 0. The molecule has 260 valence electrons. The second-order valence-electron chi connectivity index (χ2n) is 15.0. The van der Waals surface area contributed by atoms with E-state index in [2.05, 4.69) is 184 Å². The molecule has 0 amide bonds. The minimum Gasteiger partial charge on any atom is -0.228 e. The zero-order chi connectivity index (χ0) is 36.9. The smallest absolute Gasteiger partial charge is 0.160 e. The molecule has 0 unspecified atom stereocenters. The third-order valence-corrected chi connectivity index (χ3v) is 11.4. The number of hydrogen-bond acceptors (Lipinski definition) is 2. The average Bonchev–Trinajstić information content (AvgIpc) is 3.49. The normalized spacial score (nSPS) is 12.7. The lowest BCUT2D eigenvalue weighted by molar-refractivity contribution is 0.660. The van der Waals surface area contributed by atoms with Gasteiger partial charge in [0.1, 0.15) is 0 Å². The Morgan fingerprint density at radius 3 is 1.53 bits per heavy atom. The van der Waals surface area contributed by atoms with Gasteiger partial charge in [-0.1, -0.05) is 196 Å². The first kappa shape index (κ1) is 32.7. The lowest BCUT2D eigenvalue weighted by atomic mass is 9.82. The monoisotopic (exact) mass is 702 g/mol. The fraction of sp³-hybridized carbons (Fsp3) is 0.0566. The molecular weight excluding hydrogens is 665 g/mol. The van der Waals surface area contributed by atoms with Crippen LogP contribution in [0, 0.1) is 0 Å². The van der Waals surface area contributed by atoms with Gasteiger partial charge in [-0.05, 0) is 78.5 Å². The largest absolute Gasteiger partial charge is 0.228 e. The van der Waals surface area contributed by atoms with Crippen molar-refractivity contribution in [1.29, 1.82) is 0 Å². The molecule has 0 saturated heterocycles. The molecular formula is C53H38N2. The number of hydrogen-bond donors (Lipinski definition) is 0. The summed E-state index contributed by atoms with van der Waals surface area (Å²) >= 11 is 0. The Morgan fingerprint density at radius 1 is 0.309 bits per heavy atom. The van der Waals surface area contributed by atoms with E-state index in [1.807, 2.05) is 24.3 Å². The van der Waals surface area contributed by atoms with Crippen molar-refractivity contribution in [2.45, 2.75) is 19.3 Å². The molecule has 0 saturated carbocycles. The van der Waals surface area contributed by atoms with E-state index < -0.39 is 0 Å². The summed E-state index contributed by atoms with van der Waals surface area (Å²) in [5.41, 5.74) is 17.6. The Hall–Kier alpha value is -6.90. The van der Waals surface area contributed by atoms with Crippen molar-refractivity contribution in [3.8, 4) is 78.4 Å². The van der Waals surface area contributed by atoms with Crippen LogP contribution in [0.5, 0.6) is 0 Å². The first-order valence-electron chi connectivity index (χ1n) is 19.0. The minimum absolute atomic E-state index is 0.00609. The van der Waals surface area contributed by atoms with E-state index in [-0.39, 0.29) is 5.41 Å². The van der Waals surface area contributed by atoms with Crippen LogP contribution >= 0.6 is 0 Å². The Kier molecular flexibility index (Phi) is 7.85. The zero-order valence-corrected chi connectivity index (χ0v) is 30.9. The van der Waals surface area contributed by atoms with Gasteiger partial charge in [0, 0.05) is 22.1 Å². The maximum Gasteiger partial charge on any atom is 0.160 e. The molecule has 0 spiro atoms. The van der Waals surface area contributed by atoms with Crippen LogP contribution in [0.2, 0.25) is 0 Å². The maximum absolute atomic E-state index is 5.20. The lowest BCUT2D eigenvalue weighted by Crippen LogP contribution is -2.14. The molecule has 0 bridgehead atoms. The van der Waals surface area contributed by atoms with Gasteiger partial charge < -0.3 is 0 Å². The molecule has 1 aliphatic rings. The highest BCUT2D eigenvalue weighted by atomic mass is 14.9. The van der Waals surface area contributed by atoms with Gasteiger partial charge in [-0.25, -0.2) is 9.97 Å². The molecule has 0 aliphatic heterocycles. The van der Waals surface area contributed by atoms with Crippen LogP contribution in [-0.4, -0.2) is 9.97 Å². The van der Waals surface area contributed by atoms with Crippen LogP contribution < -0.4 is 0 Å². The Balaban J connectivity index is 1.03. The average molecular weight is 703 g/mol. The summed E-state index contributed by atoms with van der Waals surface area (Å²) in [6.07, 6.45) is 0. The van der Waals surface area contributed by atoms with Gasteiger partial charge in [-0.2, -0.15) is 0 Å². The van der Waals surface area contributed by atoms with Gasteiger partial charge in [0.25, 0.3) is 0 Å². The SMILES string of the molecule is CC1(C)c2ccccc2-c2cc(-c3ccc(-c4ccc(-c5cc(-c6ccc(-c7ccccc7)cc6)nc(-c6ccccc6)n5)c5ccccc45)cc3)ccc21. The summed E-state index contributed by atoms with van der Waals surface area (Å²) in [5, 5.41) is 2.35. The second kappa shape index (κ2) is 13.2. The number of nitrogens with zero attached hydrogens (tertiary/aromatic N) is 2. The molecule has 0 fully saturated rings. The van der Waals surface area contributed by atoms with Crippen molar-refractivity contribution in [2.75, 3.05) is 0 Å². The van der Waals surface area contributed by atoms with Gasteiger partial charge >= 0.3 is 0 Å². The predicted molar refractivity (Wildman–Crippen MR) is 230 cm³/mol. The molecule has 1 aromatic heterocycles. The molecule has 9 aromatic rings. The van der Waals surface area contributed by atoms with Gasteiger partial charge in [0.2, 0.25) is 0 Å². The van der Waals surface area contributed by atoms with E-state index in [1.54, 1.807) is 0 Å². The molecule has 0 radical (unpaired) electrons. The van der Waals surface area contributed by atoms with Gasteiger partial charge in [0.15, 0.2) is 5.82 Å². The molecule has 2 heteroatoms.